The summed E-state index contributed by atoms with van der Waals surface area (Å²) in [4.78, 5) is 11.0. The number of aliphatic carboxylic acids is 1. The van der Waals surface area contributed by atoms with E-state index in [9.17, 15) is 4.79 Å². The Morgan fingerprint density at radius 1 is 1.53 bits per heavy atom. The van der Waals surface area contributed by atoms with Crippen molar-refractivity contribution in [1.29, 1.82) is 0 Å². The molecule has 1 aromatic carbocycles. The van der Waals surface area contributed by atoms with E-state index < -0.39 is 12.1 Å². The van der Waals surface area contributed by atoms with Gasteiger partial charge in [0.25, 0.3) is 0 Å². The van der Waals surface area contributed by atoms with Gasteiger partial charge in [-0.25, -0.2) is 4.79 Å². The summed E-state index contributed by atoms with van der Waals surface area (Å²) in [6, 6.07) is 4.92. The van der Waals surface area contributed by atoms with Gasteiger partial charge in [0.2, 0.25) is 0 Å². The van der Waals surface area contributed by atoms with Gasteiger partial charge in [-0.15, -0.1) is 0 Å². The maximum absolute atomic E-state index is 11.0. The van der Waals surface area contributed by atoms with Gasteiger partial charge in [-0.2, -0.15) is 0 Å². The van der Waals surface area contributed by atoms with E-state index in [-0.39, 0.29) is 12.4 Å². The van der Waals surface area contributed by atoms with Gasteiger partial charge in [-0.05, 0) is 12.5 Å². The van der Waals surface area contributed by atoms with Gasteiger partial charge in [0.15, 0.2) is 6.10 Å². The molecule has 4 nitrogen and oxygen atoms in total. The minimum atomic E-state index is -1.03. The molecule has 1 atom stereocenters. The van der Waals surface area contributed by atoms with Crippen molar-refractivity contribution in [1.82, 2.24) is 0 Å². The summed E-state index contributed by atoms with van der Waals surface area (Å²) >= 11 is 5.93. The Morgan fingerprint density at radius 3 is 2.76 bits per heavy atom. The van der Waals surface area contributed by atoms with E-state index in [0.717, 1.165) is 0 Å². The molecule has 0 saturated carbocycles. The highest BCUT2D eigenvalue weighted by Gasteiger charge is 2.21. The third-order valence-electron chi connectivity index (χ3n) is 2.31. The minimum absolute atomic E-state index is 0.242. The van der Waals surface area contributed by atoms with Gasteiger partial charge < -0.3 is 14.9 Å². The van der Waals surface area contributed by atoms with Crippen LogP contribution >= 0.6 is 11.6 Å². The van der Waals surface area contributed by atoms with E-state index in [0.29, 0.717) is 23.4 Å². The first-order chi connectivity index (χ1) is 8.10. The molecule has 0 aliphatic carbocycles. The Kier molecular flexibility index (Phi) is 5.25. The molecule has 0 bridgehead atoms. The van der Waals surface area contributed by atoms with Gasteiger partial charge in [0.1, 0.15) is 5.75 Å². The summed E-state index contributed by atoms with van der Waals surface area (Å²) in [5.41, 5.74) is 0.486. The first-order valence-electron chi connectivity index (χ1n) is 5.37. The number of aliphatic hydroxyl groups excluding tert-OH is 1. The number of ether oxygens (including phenoxy) is 1. The van der Waals surface area contributed by atoms with Crippen LogP contribution < -0.4 is 4.74 Å². The fraction of sp³-hybridized carbons (Fsp3) is 0.417. The lowest BCUT2D eigenvalue weighted by molar-refractivity contribution is -0.145. The number of aliphatic hydroxyl groups is 1. The van der Waals surface area contributed by atoms with E-state index >= 15 is 0 Å². The molecular formula is C12H15ClO4. The lowest BCUT2D eigenvalue weighted by Crippen LogP contribution is -2.27. The van der Waals surface area contributed by atoms with Crippen LogP contribution in [0.25, 0.3) is 0 Å². The Hall–Kier alpha value is -1.26. The molecule has 1 unspecified atom stereocenters. The number of carbonyl (C=O) groups is 1. The second kappa shape index (κ2) is 6.47. The number of benzene rings is 1. The third kappa shape index (κ3) is 3.61. The van der Waals surface area contributed by atoms with Crippen molar-refractivity contribution >= 4 is 17.6 Å². The molecule has 0 aliphatic heterocycles. The summed E-state index contributed by atoms with van der Waals surface area (Å²) in [5, 5.41) is 18.4. The quantitative estimate of drug-likeness (QED) is 0.823. The lowest BCUT2D eigenvalue weighted by Gasteiger charge is -2.17. The average Bonchev–Trinajstić information content (AvgIpc) is 2.30. The minimum Gasteiger partial charge on any atom is -0.479 e. The first-order valence-corrected chi connectivity index (χ1v) is 5.75. The van der Waals surface area contributed by atoms with Crippen molar-refractivity contribution in [3.05, 3.63) is 28.8 Å². The monoisotopic (exact) mass is 258 g/mol. The van der Waals surface area contributed by atoms with Crippen LogP contribution in [0.3, 0.4) is 0 Å². The Balaban J connectivity index is 2.95. The summed E-state index contributed by atoms with van der Waals surface area (Å²) in [6.45, 7) is 1.63. The predicted octanol–water partition coefficient (Wildman–Crippen LogP) is 2.46. The lowest BCUT2D eigenvalue weighted by atomic mass is 10.2. The average molecular weight is 259 g/mol. The normalized spacial score (nSPS) is 12.2. The van der Waals surface area contributed by atoms with Gasteiger partial charge in [-0.1, -0.05) is 37.1 Å². The topological polar surface area (TPSA) is 66.8 Å². The maximum Gasteiger partial charge on any atom is 0.344 e. The van der Waals surface area contributed by atoms with Crippen molar-refractivity contribution in [2.75, 3.05) is 0 Å². The Bertz CT molecular complexity index is 392. The largest absolute Gasteiger partial charge is 0.479 e. The molecule has 0 spiro atoms. The highest BCUT2D eigenvalue weighted by molar-refractivity contribution is 6.32. The van der Waals surface area contributed by atoms with Crippen molar-refractivity contribution in [3.63, 3.8) is 0 Å². The highest BCUT2D eigenvalue weighted by atomic mass is 35.5. The second-order valence-electron chi connectivity index (χ2n) is 3.62. The van der Waals surface area contributed by atoms with Crippen LogP contribution in [0.2, 0.25) is 5.02 Å². The number of hydrogen-bond acceptors (Lipinski definition) is 3. The summed E-state index contributed by atoms with van der Waals surface area (Å²) in [5.74, 6) is -0.784. The smallest absolute Gasteiger partial charge is 0.344 e. The van der Waals surface area contributed by atoms with Gasteiger partial charge in [0, 0.05) is 5.56 Å². The first kappa shape index (κ1) is 13.8. The molecule has 1 rings (SSSR count). The molecule has 2 N–H and O–H groups in total. The zero-order valence-electron chi connectivity index (χ0n) is 9.52. The van der Waals surface area contributed by atoms with E-state index in [4.69, 9.17) is 26.6 Å². The van der Waals surface area contributed by atoms with Gasteiger partial charge in [-0.3, -0.25) is 0 Å². The van der Waals surface area contributed by atoms with Crippen molar-refractivity contribution in [2.24, 2.45) is 0 Å². The van der Waals surface area contributed by atoms with Crippen LogP contribution in [0, 0.1) is 0 Å². The van der Waals surface area contributed by atoms with E-state index in [1.165, 1.54) is 0 Å². The third-order valence-corrected chi connectivity index (χ3v) is 2.60. The molecule has 0 amide bonds. The number of rotatable bonds is 6. The number of para-hydroxylation sites is 1. The number of carboxylic acid groups (broad SMARTS) is 1. The fourth-order valence-corrected chi connectivity index (χ4v) is 1.69. The van der Waals surface area contributed by atoms with Crippen molar-refractivity contribution in [2.45, 2.75) is 32.5 Å². The molecule has 0 heterocycles. The number of carboxylic acids is 1. The summed E-state index contributed by atoms with van der Waals surface area (Å²) in [7, 11) is 0. The van der Waals surface area contributed by atoms with Crippen LogP contribution in [0.4, 0.5) is 0 Å². The fourth-order valence-electron chi connectivity index (χ4n) is 1.45. The zero-order valence-corrected chi connectivity index (χ0v) is 10.3. The SMILES string of the molecule is CCCC(Oc1c(Cl)cccc1CO)C(=O)O. The van der Waals surface area contributed by atoms with Crippen LogP contribution in [-0.4, -0.2) is 22.3 Å². The molecule has 0 radical (unpaired) electrons. The number of hydrogen-bond donors (Lipinski definition) is 2. The van der Waals surface area contributed by atoms with Gasteiger partial charge in [0.05, 0.1) is 11.6 Å². The second-order valence-corrected chi connectivity index (χ2v) is 4.03. The molecule has 17 heavy (non-hydrogen) atoms. The number of halogens is 1. The maximum atomic E-state index is 11.0. The van der Waals surface area contributed by atoms with E-state index in [1.807, 2.05) is 6.92 Å². The van der Waals surface area contributed by atoms with Crippen LogP contribution in [0.15, 0.2) is 18.2 Å². The molecule has 0 saturated heterocycles. The van der Waals surface area contributed by atoms with E-state index in [1.54, 1.807) is 18.2 Å². The van der Waals surface area contributed by atoms with Crippen LogP contribution in [0.1, 0.15) is 25.3 Å². The molecule has 0 aliphatic rings. The van der Waals surface area contributed by atoms with Crippen molar-refractivity contribution in [3.8, 4) is 5.75 Å². The standard InChI is InChI=1S/C12H15ClO4/c1-2-4-10(12(15)16)17-11-8(7-14)5-3-6-9(11)13/h3,5-6,10,14H,2,4,7H2,1H3,(H,15,16). The van der Waals surface area contributed by atoms with Crippen molar-refractivity contribution < 1.29 is 19.7 Å². The summed E-state index contributed by atoms with van der Waals surface area (Å²) in [6.07, 6.45) is 0.145. The highest BCUT2D eigenvalue weighted by Crippen LogP contribution is 2.30. The van der Waals surface area contributed by atoms with Crippen LogP contribution in [-0.2, 0) is 11.4 Å². The molecule has 0 aromatic heterocycles. The summed E-state index contributed by atoms with van der Waals surface area (Å²) < 4.78 is 5.38. The molecule has 0 fully saturated rings. The predicted molar refractivity (Wildman–Crippen MR) is 64.3 cm³/mol. The zero-order chi connectivity index (χ0) is 12.8. The molecule has 94 valence electrons. The molecular weight excluding hydrogens is 244 g/mol. The van der Waals surface area contributed by atoms with Crippen LogP contribution in [0.5, 0.6) is 5.75 Å². The molecule has 1 aromatic rings. The van der Waals surface area contributed by atoms with E-state index in [2.05, 4.69) is 0 Å². The Labute approximate surface area is 105 Å². The van der Waals surface area contributed by atoms with Gasteiger partial charge >= 0.3 is 5.97 Å². The Morgan fingerprint density at radius 2 is 2.24 bits per heavy atom. The molecule has 5 heteroatoms.